The van der Waals surface area contributed by atoms with Gasteiger partial charge < -0.3 is 14.5 Å². The van der Waals surface area contributed by atoms with Crippen LogP contribution in [0.2, 0.25) is 0 Å². The first-order valence-corrected chi connectivity index (χ1v) is 12.0. The second-order valence-corrected chi connectivity index (χ2v) is 8.88. The smallest absolute Gasteiger partial charge is 0.339 e. The van der Waals surface area contributed by atoms with Gasteiger partial charge >= 0.3 is 5.97 Å². The fourth-order valence-corrected chi connectivity index (χ4v) is 5.11. The fourth-order valence-electron chi connectivity index (χ4n) is 4.11. The van der Waals surface area contributed by atoms with Crippen molar-refractivity contribution in [1.82, 2.24) is 15.0 Å². The lowest BCUT2D eigenvalue weighted by molar-refractivity contribution is 0.0526. The van der Waals surface area contributed by atoms with Crippen LogP contribution in [-0.2, 0) is 4.74 Å². The Balaban J connectivity index is 1.34. The highest BCUT2D eigenvalue weighted by molar-refractivity contribution is 7.21. The zero-order valence-corrected chi connectivity index (χ0v) is 19.3. The molecule has 1 aliphatic rings. The number of hydrogen-bond donors (Lipinski definition) is 0. The van der Waals surface area contributed by atoms with Crippen LogP contribution in [0.1, 0.15) is 23.7 Å². The van der Waals surface area contributed by atoms with Crippen molar-refractivity contribution in [2.24, 2.45) is 0 Å². The van der Waals surface area contributed by atoms with Crippen LogP contribution in [0.15, 0.2) is 61.1 Å². The second-order valence-electron chi connectivity index (χ2n) is 7.85. The summed E-state index contributed by atoms with van der Waals surface area (Å²) in [5.41, 5.74) is 1.68. The Labute approximate surface area is 196 Å². The van der Waals surface area contributed by atoms with Crippen molar-refractivity contribution in [3.8, 4) is 10.4 Å². The number of anilines is 2. The van der Waals surface area contributed by atoms with Gasteiger partial charge in [-0.3, -0.25) is 0 Å². The number of thiophene rings is 1. The Bertz CT molecular complexity index is 1240. The van der Waals surface area contributed by atoms with Gasteiger partial charge in [-0.15, -0.1) is 11.3 Å². The number of esters is 1. The quantitative estimate of drug-likeness (QED) is 0.402. The number of nitrogens with zero attached hydrogens (tertiary/aromatic N) is 5. The molecule has 0 saturated carbocycles. The summed E-state index contributed by atoms with van der Waals surface area (Å²) in [5, 5.41) is 1.10. The number of hydrogen-bond acceptors (Lipinski definition) is 8. The van der Waals surface area contributed by atoms with E-state index in [4.69, 9.17) is 4.74 Å². The third kappa shape index (κ3) is 4.52. The van der Waals surface area contributed by atoms with Crippen molar-refractivity contribution in [2.75, 3.05) is 42.6 Å². The number of pyridine rings is 1. The number of rotatable bonds is 5. The second kappa shape index (κ2) is 9.54. The molecule has 0 amide bonds. The van der Waals surface area contributed by atoms with Gasteiger partial charge in [-0.25, -0.2) is 19.7 Å². The predicted molar refractivity (Wildman–Crippen MR) is 132 cm³/mol. The average molecular weight is 460 g/mol. The first-order valence-electron chi connectivity index (χ1n) is 11.2. The third-order valence-corrected chi connectivity index (χ3v) is 6.84. The van der Waals surface area contributed by atoms with Crippen LogP contribution >= 0.6 is 11.3 Å². The zero-order chi connectivity index (χ0) is 22.6. The highest BCUT2D eigenvalue weighted by Crippen LogP contribution is 2.36. The zero-order valence-electron chi connectivity index (χ0n) is 18.5. The van der Waals surface area contributed by atoms with Gasteiger partial charge in [0, 0.05) is 37.3 Å². The van der Waals surface area contributed by atoms with Gasteiger partial charge in [0.25, 0.3) is 0 Å². The van der Waals surface area contributed by atoms with Crippen LogP contribution in [0, 0.1) is 0 Å². The summed E-state index contributed by atoms with van der Waals surface area (Å²) in [5.74, 6) is 1.53. The molecule has 0 spiro atoms. The monoisotopic (exact) mass is 459 g/mol. The minimum Gasteiger partial charge on any atom is -0.462 e. The molecule has 0 aliphatic carbocycles. The van der Waals surface area contributed by atoms with E-state index in [1.54, 1.807) is 36.9 Å². The lowest BCUT2D eigenvalue weighted by Crippen LogP contribution is -2.31. The molecule has 33 heavy (non-hydrogen) atoms. The first kappa shape index (κ1) is 21.3. The molecule has 1 aromatic carbocycles. The molecule has 168 valence electrons. The summed E-state index contributed by atoms with van der Waals surface area (Å²) in [7, 11) is 0. The minimum atomic E-state index is -0.336. The molecular weight excluding hydrogens is 434 g/mol. The van der Waals surface area contributed by atoms with Crippen molar-refractivity contribution in [3.05, 3.63) is 66.6 Å². The summed E-state index contributed by atoms with van der Waals surface area (Å²) < 4.78 is 5.05. The Morgan fingerprint density at radius 3 is 2.61 bits per heavy atom. The summed E-state index contributed by atoms with van der Waals surface area (Å²) in [6.45, 7) is 5.63. The SMILES string of the molecule is CCOC(=O)c1ccc(N2CCCN(c3ncnc4sc(-c5ccccc5)cc34)CC2)nc1. The van der Waals surface area contributed by atoms with Crippen molar-refractivity contribution in [2.45, 2.75) is 13.3 Å². The van der Waals surface area contributed by atoms with Crippen LogP contribution in [-0.4, -0.2) is 53.7 Å². The molecule has 1 fully saturated rings. The largest absolute Gasteiger partial charge is 0.462 e. The molecule has 0 N–H and O–H groups in total. The average Bonchev–Trinajstić information content (AvgIpc) is 3.15. The Kier molecular flexibility index (Phi) is 6.17. The van der Waals surface area contributed by atoms with Crippen LogP contribution in [0.25, 0.3) is 20.7 Å². The van der Waals surface area contributed by atoms with Crippen LogP contribution < -0.4 is 9.80 Å². The normalized spacial score (nSPS) is 14.3. The Morgan fingerprint density at radius 1 is 1.00 bits per heavy atom. The van der Waals surface area contributed by atoms with E-state index in [2.05, 4.69) is 55.1 Å². The van der Waals surface area contributed by atoms with Gasteiger partial charge in [0.05, 0.1) is 17.6 Å². The molecule has 4 heterocycles. The Hall–Kier alpha value is -3.52. The highest BCUT2D eigenvalue weighted by atomic mass is 32.1. The Morgan fingerprint density at radius 2 is 1.82 bits per heavy atom. The molecule has 5 rings (SSSR count). The third-order valence-electron chi connectivity index (χ3n) is 5.75. The van der Waals surface area contributed by atoms with Gasteiger partial charge in [-0.2, -0.15) is 0 Å². The van der Waals surface area contributed by atoms with E-state index in [1.165, 1.54) is 10.4 Å². The molecular formula is C25H25N5O2S. The van der Waals surface area contributed by atoms with Crippen molar-refractivity contribution in [3.63, 3.8) is 0 Å². The topological polar surface area (TPSA) is 71.5 Å². The number of benzene rings is 1. The lowest BCUT2D eigenvalue weighted by Gasteiger charge is -2.23. The standard InChI is InChI=1S/C25H25N5O2S/c1-2-32-25(31)19-9-10-22(26-16-19)29-11-6-12-30(14-13-29)23-20-15-21(18-7-4-3-5-8-18)33-24(20)28-17-27-23/h3-5,7-10,15-17H,2,6,11-14H2,1H3. The summed E-state index contributed by atoms with van der Waals surface area (Å²) >= 11 is 1.70. The van der Waals surface area contributed by atoms with E-state index < -0.39 is 0 Å². The van der Waals surface area contributed by atoms with Crippen LogP contribution in [0.5, 0.6) is 0 Å². The van der Waals surface area contributed by atoms with E-state index >= 15 is 0 Å². The first-order chi connectivity index (χ1) is 16.2. The highest BCUT2D eigenvalue weighted by Gasteiger charge is 2.20. The minimum absolute atomic E-state index is 0.336. The van der Waals surface area contributed by atoms with Gasteiger partial charge in [-0.05, 0) is 37.1 Å². The van der Waals surface area contributed by atoms with Crippen molar-refractivity contribution >= 4 is 39.2 Å². The van der Waals surface area contributed by atoms with Gasteiger partial charge in [-0.1, -0.05) is 30.3 Å². The molecule has 4 aromatic rings. The molecule has 0 atom stereocenters. The molecule has 7 nitrogen and oxygen atoms in total. The maximum atomic E-state index is 11.9. The van der Waals surface area contributed by atoms with Crippen molar-refractivity contribution in [1.29, 1.82) is 0 Å². The molecule has 8 heteroatoms. The molecule has 0 unspecified atom stereocenters. The molecule has 1 aliphatic heterocycles. The van der Waals surface area contributed by atoms with Crippen molar-refractivity contribution < 1.29 is 9.53 Å². The van der Waals surface area contributed by atoms with Gasteiger partial charge in [0.1, 0.15) is 22.8 Å². The maximum Gasteiger partial charge on any atom is 0.339 e. The van der Waals surface area contributed by atoms with Gasteiger partial charge in [0.15, 0.2) is 0 Å². The molecule has 0 radical (unpaired) electrons. The van der Waals surface area contributed by atoms with E-state index in [0.29, 0.717) is 12.2 Å². The predicted octanol–water partition coefficient (Wildman–Crippen LogP) is 4.65. The molecule has 1 saturated heterocycles. The number of aromatic nitrogens is 3. The van der Waals surface area contributed by atoms with Crippen LogP contribution in [0.4, 0.5) is 11.6 Å². The lowest BCUT2D eigenvalue weighted by atomic mass is 10.2. The maximum absolute atomic E-state index is 11.9. The summed E-state index contributed by atoms with van der Waals surface area (Å²) in [4.78, 5) is 32.4. The number of fused-ring (bicyclic) bond motifs is 1. The number of carbonyl (C=O) groups is 1. The van der Waals surface area contributed by atoms with E-state index in [1.807, 2.05) is 12.1 Å². The van der Waals surface area contributed by atoms with E-state index in [9.17, 15) is 4.79 Å². The number of ether oxygens (including phenoxy) is 1. The van der Waals surface area contributed by atoms with Gasteiger partial charge in [0.2, 0.25) is 0 Å². The molecule has 3 aromatic heterocycles. The number of carbonyl (C=O) groups excluding carboxylic acids is 1. The summed E-state index contributed by atoms with van der Waals surface area (Å²) in [6, 6.07) is 16.3. The van der Waals surface area contributed by atoms with Crippen LogP contribution in [0.3, 0.4) is 0 Å². The van der Waals surface area contributed by atoms with E-state index in [-0.39, 0.29) is 5.97 Å². The van der Waals surface area contributed by atoms with E-state index in [0.717, 1.165) is 54.5 Å². The summed E-state index contributed by atoms with van der Waals surface area (Å²) in [6.07, 6.45) is 4.25. The molecule has 0 bridgehead atoms. The fraction of sp³-hybridized carbons (Fsp3) is 0.280.